The first-order valence-electron chi connectivity index (χ1n) is 11.3. The van der Waals surface area contributed by atoms with Gasteiger partial charge in [0, 0.05) is 12.2 Å². The molecule has 1 saturated carbocycles. The van der Waals surface area contributed by atoms with Gasteiger partial charge in [-0.25, -0.2) is 18.1 Å². The molecular formula is C23H25F3N4O4S. The first kappa shape index (κ1) is 25.0. The number of amides is 3. The molecule has 0 spiro atoms. The molecular weight excluding hydrogens is 485 g/mol. The molecule has 1 unspecified atom stereocenters. The number of aromatic nitrogens is 1. The Bertz CT molecular complexity index is 1210. The monoisotopic (exact) mass is 510 g/mol. The summed E-state index contributed by atoms with van der Waals surface area (Å²) in [5, 5.41) is 3.49. The van der Waals surface area contributed by atoms with Crippen LogP contribution in [0.25, 0.3) is 0 Å². The average Bonchev–Trinajstić information content (AvgIpc) is 3.03. The van der Waals surface area contributed by atoms with Crippen LogP contribution in [0.2, 0.25) is 0 Å². The molecule has 188 valence electrons. The Morgan fingerprint density at radius 1 is 1.06 bits per heavy atom. The van der Waals surface area contributed by atoms with E-state index in [0.29, 0.717) is 6.04 Å². The van der Waals surface area contributed by atoms with E-state index in [1.165, 1.54) is 11.3 Å². The van der Waals surface area contributed by atoms with Crippen molar-refractivity contribution < 1.29 is 31.2 Å². The Balaban J connectivity index is 1.54. The van der Waals surface area contributed by atoms with Gasteiger partial charge in [-0.1, -0.05) is 19.3 Å². The van der Waals surface area contributed by atoms with Gasteiger partial charge in [-0.15, -0.1) is 0 Å². The van der Waals surface area contributed by atoms with Gasteiger partial charge in [0.2, 0.25) is 0 Å². The van der Waals surface area contributed by atoms with E-state index in [1.807, 2.05) is 0 Å². The zero-order chi connectivity index (χ0) is 25.4. The molecule has 1 aromatic heterocycles. The molecule has 2 aromatic rings. The number of urea groups is 1. The maximum atomic E-state index is 13.2. The number of benzene rings is 1. The van der Waals surface area contributed by atoms with Crippen molar-refractivity contribution in [3.8, 4) is 0 Å². The zero-order valence-electron chi connectivity index (χ0n) is 19.0. The number of sulfone groups is 1. The van der Waals surface area contributed by atoms with Crippen LogP contribution in [0.1, 0.15) is 44.6 Å². The summed E-state index contributed by atoms with van der Waals surface area (Å²) in [5.41, 5.74) is -3.89. The predicted octanol–water partition coefficient (Wildman–Crippen LogP) is 4.48. The molecule has 35 heavy (non-hydrogen) atoms. The molecule has 1 aliphatic heterocycles. The van der Waals surface area contributed by atoms with Crippen LogP contribution in [0.3, 0.4) is 0 Å². The lowest BCUT2D eigenvalue weighted by molar-refractivity contribution is -0.119. The molecule has 1 aromatic carbocycles. The Morgan fingerprint density at radius 2 is 1.71 bits per heavy atom. The van der Waals surface area contributed by atoms with E-state index in [1.54, 1.807) is 25.4 Å². The third kappa shape index (κ3) is 4.84. The first-order chi connectivity index (χ1) is 16.5. The summed E-state index contributed by atoms with van der Waals surface area (Å²) in [6.07, 6.45) is 8.86. The predicted molar refractivity (Wildman–Crippen MR) is 122 cm³/mol. The largest absolute Gasteiger partial charge is 0.501 e. The SMILES string of the molecule is CC1C(=O)N(c2ccc(S(=O)(=O)C(F)(F)F)cc2)C(=O)N1Cc1ccncc1NC1CCCCC1. The minimum Gasteiger partial charge on any atom is -0.381 e. The van der Waals surface area contributed by atoms with Crippen molar-refractivity contribution in [2.24, 2.45) is 0 Å². The van der Waals surface area contributed by atoms with Crippen LogP contribution in [0, 0.1) is 0 Å². The third-order valence-electron chi connectivity index (χ3n) is 6.41. The van der Waals surface area contributed by atoms with Gasteiger partial charge in [-0.05, 0) is 55.7 Å². The average molecular weight is 511 g/mol. The number of anilines is 2. The van der Waals surface area contributed by atoms with E-state index in [-0.39, 0.29) is 12.2 Å². The van der Waals surface area contributed by atoms with Crippen LogP contribution in [0.5, 0.6) is 0 Å². The topological polar surface area (TPSA) is 99.7 Å². The van der Waals surface area contributed by atoms with Crippen molar-refractivity contribution in [3.05, 3.63) is 48.3 Å². The normalized spacial score (nSPS) is 19.9. The van der Waals surface area contributed by atoms with E-state index in [2.05, 4.69) is 10.3 Å². The van der Waals surface area contributed by atoms with Crippen molar-refractivity contribution in [2.45, 2.75) is 68.1 Å². The number of rotatable bonds is 6. The van der Waals surface area contributed by atoms with Crippen LogP contribution in [-0.4, -0.2) is 47.8 Å². The smallest absolute Gasteiger partial charge is 0.381 e. The molecule has 3 amide bonds. The molecule has 0 radical (unpaired) electrons. The summed E-state index contributed by atoms with van der Waals surface area (Å²) in [6, 6.07) is 4.13. The molecule has 1 N–H and O–H groups in total. The number of hydrogen-bond donors (Lipinski definition) is 1. The number of carbonyl (C=O) groups is 2. The summed E-state index contributed by atoms with van der Waals surface area (Å²) < 4.78 is 61.6. The second-order valence-corrected chi connectivity index (χ2v) is 10.7. The highest BCUT2D eigenvalue weighted by molar-refractivity contribution is 7.92. The van der Waals surface area contributed by atoms with Crippen LogP contribution in [0.4, 0.5) is 29.3 Å². The Labute approximate surface area is 201 Å². The van der Waals surface area contributed by atoms with Crippen LogP contribution in [0.15, 0.2) is 47.6 Å². The molecule has 2 fully saturated rings. The Hall–Kier alpha value is -3.15. The summed E-state index contributed by atoms with van der Waals surface area (Å²) in [7, 11) is -5.53. The highest BCUT2D eigenvalue weighted by atomic mass is 32.2. The van der Waals surface area contributed by atoms with E-state index >= 15 is 0 Å². The lowest BCUT2D eigenvalue weighted by Gasteiger charge is -2.26. The molecule has 2 aliphatic rings. The van der Waals surface area contributed by atoms with Crippen LogP contribution < -0.4 is 10.2 Å². The van der Waals surface area contributed by atoms with Crippen molar-refractivity contribution in [2.75, 3.05) is 10.2 Å². The number of nitrogens with one attached hydrogen (secondary N) is 1. The Kier molecular flexibility index (Phi) is 6.76. The number of hydrogen-bond acceptors (Lipinski definition) is 6. The number of pyridine rings is 1. The van der Waals surface area contributed by atoms with Gasteiger partial charge in [-0.2, -0.15) is 13.2 Å². The summed E-state index contributed by atoms with van der Waals surface area (Å²) >= 11 is 0. The maximum Gasteiger partial charge on any atom is 0.501 e. The van der Waals surface area contributed by atoms with Gasteiger partial charge < -0.3 is 10.2 Å². The minimum absolute atomic E-state index is 0.00856. The quantitative estimate of drug-likeness (QED) is 0.576. The zero-order valence-corrected chi connectivity index (χ0v) is 19.8. The minimum atomic E-state index is -5.53. The summed E-state index contributed by atoms with van der Waals surface area (Å²) in [4.78, 5) is 31.5. The van der Waals surface area contributed by atoms with Crippen LogP contribution in [-0.2, 0) is 21.2 Å². The second-order valence-electron chi connectivity index (χ2n) is 8.72. The summed E-state index contributed by atoms with van der Waals surface area (Å²) in [6.45, 7) is 1.69. The second kappa shape index (κ2) is 9.48. The van der Waals surface area contributed by atoms with Gasteiger partial charge in [-0.3, -0.25) is 9.78 Å². The highest BCUT2D eigenvalue weighted by Gasteiger charge is 2.47. The van der Waals surface area contributed by atoms with E-state index in [4.69, 9.17) is 0 Å². The number of halogens is 3. The van der Waals surface area contributed by atoms with E-state index < -0.39 is 38.2 Å². The lowest BCUT2D eigenvalue weighted by atomic mass is 9.95. The molecule has 2 heterocycles. The van der Waals surface area contributed by atoms with Gasteiger partial charge in [0.15, 0.2) is 0 Å². The van der Waals surface area contributed by atoms with Gasteiger partial charge in [0.1, 0.15) is 6.04 Å². The molecule has 8 nitrogen and oxygen atoms in total. The number of carbonyl (C=O) groups excluding carboxylic acids is 2. The molecule has 0 bridgehead atoms. The fourth-order valence-electron chi connectivity index (χ4n) is 4.40. The van der Waals surface area contributed by atoms with Crippen LogP contribution >= 0.6 is 0 Å². The fourth-order valence-corrected chi connectivity index (χ4v) is 5.16. The van der Waals surface area contributed by atoms with Crippen molar-refractivity contribution in [1.82, 2.24) is 9.88 Å². The lowest BCUT2D eigenvalue weighted by Crippen LogP contribution is -2.34. The molecule has 12 heteroatoms. The molecule has 1 aliphatic carbocycles. The van der Waals surface area contributed by atoms with Gasteiger partial charge >= 0.3 is 11.5 Å². The van der Waals surface area contributed by atoms with Gasteiger partial charge in [0.05, 0.1) is 29.0 Å². The van der Waals surface area contributed by atoms with Crippen molar-refractivity contribution >= 4 is 33.2 Å². The number of nitrogens with zero attached hydrogens (tertiary/aromatic N) is 3. The van der Waals surface area contributed by atoms with Crippen molar-refractivity contribution in [1.29, 1.82) is 0 Å². The number of imide groups is 1. The molecule has 1 atom stereocenters. The fraction of sp³-hybridized carbons (Fsp3) is 0.435. The molecule has 4 rings (SSSR count). The standard InChI is InChI=1S/C23H25F3N4O4S/c1-15-21(31)30(18-7-9-19(10-8-18)35(33,34)23(24,25)26)22(32)29(15)14-16-11-12-27-13-20(16)28-17-5-3-2-4-6-17/h7-13,15,17,28H,2-6,14H2,1H3. The number of alkyl halides is 3. The first-order valence-corrected chi connectivity index (χ1v) is 12.7. The maximum absolute atomic E-state index is 13.2. The van der Waals surface area contributed by atoms with Gasteiger partial charge in [0.25, 0.3) is 15.7 Å². The van der Waals surface area contributed by atoms with Crippen molar-refractivity contribution in [3.63, 3.8) is 0 Å². The van der Waals surface area contributed by atoms with E-state index in [0.717, 1.165) is 66.1 Å². The third-order valence-corrected chi connectivity index (χ3v) is 7.91. The highest BCUT2D eigenvalue weighted by Crippen LogP contribution is 2.33. The molecule has 1 saturated heterocycles. The van der Waals surface area contributed by atoms with E-state index in [9.17, 15) is 31.2 Å². The Morgan fingerprint density at radius 3 is 2.34 bits per heavy atom. The summed E-state index contributed by atoms with van der Waals surface area (Å²) in [5.74, 6) is -0.558.